The average Bonchev–Trinajstić information content (AvgIpc) is 2.81. The zero-order chi connectivity index (χ0) is 13.1. The van der Waals surface area contributed by atoms with Crippen molar-refractivity contribution in [2.75, 3.05) is 16.9 Å². The number of thioether (sulfide) groups is 1. The highest BCUT2D eigenvalue weighted by Crippen LogP contribution is 2.22. The van der Waals surface area contributed by atoms with Crippen LogP contribution in [0.1, 0.15) is 0 Å². The van der Waals surface area contributed by atoms with Gasteiger partial charge in [-0.15, -0.1) is 11.8 Å². The Morgan fingerprint density at radius 3 is 2.67 bits per heavy atom. The largest absolute Gasteiger partial charge is 0.480 e. The predicted octanol–water partition coefficient (Wildman–Crippen LogP) is 2.28. The van der Waals surface area contributed by atoms with Crippen LogP contribution in [0.3, 0.4) is 0 Å². The van der Waals surface area contributed by atoms with E-state index in [0.717, 1.165) is 3.57 Å². The monoisotopic (exact) mass is 378 g/mol. The second-order valence-corrected chi connectivity index (χ2v) is 6.01. The first-order valence-electron chi connectivity index (χ1n) is 5.21. The van der Waals surface area contributed by atoms with Crippen molar-refractivity contribution in [3.8, 4) is 0 Å². The number of carboxylic acid groups (broad SMARTS) is 1. The summed E-state index contributed by atoms with van der Waals surface area (Å²) in [7, 11) is 0. The molecule has 1 aromatic rings. The van der Waals surface area contributed by atoms with Crippen LogP contribution in [0.15, 0.2) is 24.3 Å². The zero-order valence-electron chi connectivity index (χ0n) is 9.30. The number of nitrogens with one attached hydrogen (secondary N) is 1. The molecule has 1 aliphatic rings. The van der Waals surface area contributed by atoms with E-state index in [1.54, 1.807) is 12.1 Å². The quantitative estimate of drug-likeness (QED) is 0.775. The van der Waals surface area contributed by atoms with Gasteiger partial charge in [-0.05, 0) is 46.9 Å². The van der Waals surface area contributed by atoms with E-state index >= 15 is 0 Å². The number of nitrogens with zero attached hydrogens (tertiary/aromatic N) is 1. The highest BCUT2D eigenvalue weighted by Gasteiger charge is 2.34. The molecule has 1 saturated heterocycles. The molecule has 0 unspecified atom stereocenters. The number of aliphatic carboxylic acids is 1. The molecule has 1 aromatic carbocycles. The standard InChI is InChI=1S/C11H11IN2O3S/c12-7-1-3-8(4-2-7)13-11(17)14-6-18-5-9(14)10(15)16/h1-4,9H,5-6H2,(H,13,17)(H,15,16)/t9-/m0/s1. The van der Waals surface area contributed by atoms with Crippen LogP contribution in [0.25, 0.3) is 0 Å². The smallest absolute Gasteiger partial charge is 0.327 e. The van der Waals surface area contributed by atoms with Gasteiger partial charge in [-0.25, -0.2) is 9.59 Å². The molecule has 2 N–H and O–H groups in total. The first-order valence-corrected chi connectivity index (χ1v) is 7.45. The summed E-state index contributed by atoms with van der Waals surface area (Å²) in [6, 6.07) is 6.23. The highest BCUT2D eigenvalue weighted by atomic mass is 127. The molecule has 1 heterocycles. The van der Waals surface area contributed by atoms with E-state index in [0.29, 0.717) is 17.3 Å². The summed E-state index contributed by atoms with van der Waals surface area (Å²) in [6.45, 7) is 0. The van der Waals surface area contributed by atoms with E-state index in [1.165, 1.54) is 16.7 Å². The Morgan fingerprint density at radius 1 is 1.39 bits per heavy atom. The van der Waals surface area contributed by atoms with Gasteiger partial charge < -0.3 is 15.3 Å². The van der Waals surface area contributed by atoms with Crippen molar-refractivity contribution in [2.45, 2.75) is 6.04 Å². The van der Waals surface area contributed by atoms with Crippen molar-refractivity contribution in [3.05, 3.63) is 27.8 Å². The third kappa shape index (κ3) is 3.08. The van der Waals surface area contributed by atoms with Crippen molar-refractivity contribution < 1.29 is 14.7 Å². The summed E-state index contributed by atoms with van der Waals surface area (Å²) in [4.78, 5) is 24.3. The first kappa shape index (κ1) is 13.5. The van der Waals surface area contributed by atoms with E-state index in [4.69, 9.17) is 5.11 Å². The lowest BCUT2D eigenvalue weighted by Crippen LogP contribution is -2.43. The molecule has 0 bridgehead atoms. The van der Waals surface area contributed by atoms with Gasteiger partial charge in [0.1, 0.15) is 6.04 Å². The summed E-state index contributed by atoms with van der Waals surface area (Å²) in [5, 5.41) is 11.7. The van der Waals surface area contributed by atoms with Crippen LogP contribution >= 0.6 is 34.4 Å². The SMILES string of the molecule is O=C(O)[C@@H]1CSCN1C(=O)Nc1ccc(I)cc1. The van der Waals surface area contributed by atoms with Gasteiger partial charge in [0.15, 0.2) is 0 Å². The number of amides is 2. The molecule has 7 heteroatoms. The van der Waals surface area contributed by atoms with Gasteiger partial charge in [-0.1, -0.05) is 0 Å². The van der Waals surface area contributed by atoms with E-state index < -0.39 is 12.0 Å². The van der Waals surface area contributed by atoms with Crippen LogP contribution in [-0.4, -0.2) is 39.7 Å². The van der Waals surface area contributed by atoms with Crippen molar-refractivity contribution in [1.82, 2.24) is 4.90 Å². The van der Waals surface area contributed by atoms with Crippen LogP contribution in [0, 0.1) is 3.57 Å². The summed E-state index contributed by atoms with van der Waals surface area (Å²) in [5.41, 5.74) is 0.668. The lowest BCUT2D eigenvalue weighted by Gasteiger charge is -2.20. The Morgan fingerprint density at radius 2 is 2.06 bits per heavy atom. The number of carboxylic acids is 1. The first-order chi connectivity index (χ1) is 8.58. The number of hydrogen-bond acceptors (Lipinski definition) is 3. The van der Waals surface area contributed by atoms with Gasteiger partial charge in [0, 0.05) is 15.0 Å². The molecule has 2 amide bonds. The van der Waals surface area contributed by atoms with Gasteiger partial charge in [0.2, 0.25) is 0 Å². The second kappa shape index (κ2) is 5.79. The molecule has 1 aliphatic heterocycles. The number of rotatable bonds is 2. The third-order valence-corrected chi connectivity index (χ3v) is 4.26. The minimum Gasteiger partial charge on any atom is -0.480 e. The number of carbonyl (C=O) groups excluding carboxylic acids is 1. The van der Waals surface area contributed by atoms with Crippen molar-refractivity contribution in [1.29, 1.82) is 0 Å². The molecule has 96 valence electrons. The summed E-state index contributed by atoms with van der Waals surface area (Å²) >= 11 is 3.62. The van der Waals surface area contributed by atoms with E-state index in [1.807, 2.05) is 12.1 Å². The maximum atomic E-state index is 12.0. The van der Waals surface area contributed by atoms with Crippen molar-refractivity contribution >= 4 is 52.0 Å². The maximum absolute atomic E-state index is 12.0. The van der Waals surface area contributed by atoms with Gasteiger partial charge >= 0.3 is 12.0 Å². The van der Waals surface area contributed by atoms with Gasteiger partial charge in [-0.2, -0.15) is 0 Å². The molecule has 1 fully saturated rings. The number of anilines is 1. The average molecular weight is 378 g/mol. The number of urea groups is 1. The lowest BCUT2D eigenvalue weighted by atomic mass is 10.3. The molecular weight excluding hydrogens is 367 g/mol. The van der Waals surface area contributed by atoms with Gasteiger partial charge in [0.25, 0.3) is 0 Å². The van der Waals surface area contributed by atoms with Gasteiger partial charge in [0.05, 0.1) is 5.88 Å². The number of halogens is 1. The summed E-state index contributed by atoms with van der Waals surface area (Å²) in [6.07, 6.45) is 0. The fourth-order valence-electron chi connectivity index (χ4n) is 1.58. The number of hydrogen-bond donors (Lipinski definition) is 2. The molecule has 0 radical (unpaired) electrons. The maximum Gasteiger partial charge on any atom is 0.327 e. The Hall–Kier alpha value is -0.960. The van der Waals surface area contributed by atoms with E-state index in [2.05, 4.69) is 27.9 Å². The summed E-state index contributed by atoms with van der Waals surface area (Å²) < 4.78 is 1.07. The molecular formula is C11H11IN2O3S. The topological polar surface area (TPSA) is 69.6 Å². The molecule has 2 rings (SSSR count). The Balaban J connectivity index is 2.03. The minimum atomic E-state index is -0.960. The molecule has 0 aliphatic carbocycles. The van der Waals surface area contributed by atoms with E-state index in [-0.39, 0.29) is 6.03 Å². The molecule has 5 nitrogen and oxygen atoms in total. The van der Waals surface area contributed by atoms with Crippen LogP contribution in [0.4, 0.5) is 10.5 Å². The lowest BCUT2D eigenvalue weighted by molar-refractivity contribution is -0.140. The Bertz CT molecular complexity index is 466. The predicted molar refractivity (Wildman–Crippen MR) is 78.8 cm³/mol. The minimum absolute atomic E-state index is 0.367. The van der Waals surface area contributed by atoms with Crippen LogP contribution < -0.4 is 5.32 Å². The van der Waals surface area contributed by atoms with Crippen LogP contribution in [0.2, 0.25) is 0 Å². The molecule has 0 aromatic heterocycles. The molecule has 0 saturated carbocycles. The third-order valence-electron chi connectivity index (χ3n) is 2.52. The highest BCUT2D eigenvalue weighted by molar-refractivity contribution is 14.1. The molecule has 18 heavy (non-hydrogen) atoms. The van der Waals surface area contributed by atoms with Gasteiger partial charge in [-0.3, -0.25) is 0 Å². The van der Waals surface area contributed by atoms with Crippen LogP contribution in [0.5, 0.6) is 0 Å². The van der Waals surface area contributed by atoms with E-state index in [9.17, 15) is 9.59 Å². The fourth-order valence-corrected chi connectivity index (χ4v) is 3.08. The normalized spacial score (nSPS) is 18.7. The number of carbonyl (C=O) groups is 2. The Labute approximate surface area is 122 Å². The fraction of sp³-hybridized carbons (Fsp3) is 0.273. The molecule has 1 atom stereocenters. The van der Waals surface area contributed by atoms with Crippen molar-refractivity contribution in [2.24, 2.45) is 0 Å². The molecule has 0 spiro atoms. The zero-order valence-corrected chi connectivity index (χ0v) is 12.3. The number of benzene rings is 1. The Kier molecular flexibility index (Phi) is 4.33. The second-order valence-electron chi connectivity index (χ2n) is 3.76. The van der Waals surface area contributed by atoms with Crippen LogP contribution in [-0.2, 0) is 4.79 Å². The van der Waals surface area contributed by atoms with Crippen molar-refractivity contribution in [3.63, 3.8) is 0 Å². The summed E-state index contributed by atoms with van der Waals surface area (Å²) in [5.74, 6) is -0.111.